The van der Waals surface area contributed by atoms with Crippen LogP contribution in [0, 0.1) is 0 Å². The molecule has 3 rings (SSSR count). The molecule has 0 amide bonds. The predicted molar refractivity (Wildman–Crippen MR) is 107 cm³/mol. The maximum Gasteiger partial charge on any atom is 0.210 e. The smallest absolute Gasteiger partial charge is 0.210 e. The van der Waals surface area contributed by atoms with Gasteiger partial charge in [0.15, 0.2) is 5.60 Å². The molecule has 27 heavy (non-hydrogen) atoms. The lowest BCUT2D eigenvalue weighted by atomic mass is 9.86. The van der Waals surface area contributed by atoms with E-state index < -0.39 is 16.7 Å². The van der Waals surface area contributed by atoms with Crippen molar-refractivity contribution in [3.63, 3.8) is 0 Å². The average Bonchev–Trinajstić information content (AvgIpc) is 2.95. The minimum absolute atomic E-state index is 0.0468. The van der Waals surface area contributed by atoms with Crippen LogP contribution < -0.4 is 0 Å². The molecule has 1 heterocycles. The van der Waals surface area contributed by atoms with E-state index in [1.54, 1.807) is 42.5 Å². The fraction of sp³-hybridized carbons (Fsp3) is 0.286. The molecule has 0 aromatic heterocycles. The topological polar surface area (TPSA) is 66.4 Å². The lowest BCUT2D eigenvalue weighted by molar-refractivity contribution is -0.128. The van der Waals surface area contributed by atoms with Gasteiger partial charge in [-0.15, -0.1) is 0 Å². The van der Waals surface area contributed by atoms with Gasteiger partial charge in [0.1, 0.15) is 5.76 Å². The summed E-state index contributed by atoms with van der Waals surface area (Å²) in [5.74, 6) is 0.420. The van der Waals surface area contributed by atoms with Crippen LogP contribution in [0.25, 0.3) is 11.3 Å². The van der Waals surface area contributed by atoms with Crippen LogP contribution in [0.4, 0.5) is 0 Å². The largest absolute Gasteiger partial charge is 0.772 e. The van der Waals surface area contributed by atoms with Crippen LogP contribution in [0.5, 0.6) is 0 Å². The average molecular weight is 404 g/mol. The van der Waals surface area contributed by atoms with Crippen molar-refractivity contribution in [3.05, 3.63) is 70.2 Å². The van der Waals surface area contributed by atoms with Gasteiger partial charge in [-0.2, -0.15) is 0 Å². The number of hydrogen-bond donors (Lipinski definition) is 0. The number of halogens is 1. The van der Waals surface area contributed by atoms with E-state index >= 15 is 0 Å². The third-order valence-electron chi connectivity index (χ3n) is 4.92. The Morgan fingerprint density at radius 1 is 1.07 bits per heavy atom. The molecule has 1 atom stereocenters. The van der Waals surface area contributed by atoms with E-state index in [-0.39, 0.29) is 11.5 Å². The highest BCUT2D eigenvalue weighted by Gasteiger charge is 2.47. The first kappa shape index (κ1) is 19.8. The van der Waals surface area contributed by atoms with Gasteiger partial charge in [0.05, 0.1) is 5.57 Å². The summed E-state index contributed by atoms with van der Waals surface area (Å²) in [5, 5.41) is 0.547. The Morgan fingerprint density at radius 2 is 1.74 bits per heavy atom. The third-order valence-corrected chi connectivity index (χ3v) is 5.73. The zero-order valence-electron chi connectivity index (χ0n) is 15.2. The molecule has 0 aliphatic carbocycles. The van der Waals surface area contributed by atoms with Gasteiger partial charge in [0.25, 0.3) is 0 Å². The molecule has 1 unspecified atom stereocenters. The predicted octanol–water partition coefficient (Wildman–Crippen LogP) is 4.75. The van der Waals surface area contributed by atoms with E-state index in [1.807, 2.05) is 19.9 Å². The fourth-order valence-corrected chi connectivity index (χ4v) is 3.99. The second-order valence-corrected chi connectivity index (χ2v) is 7.82. The van der Waals surface area contributed by atoms with Gasteiger partial charge in [-0.05, 0) is 36.1 Å². The quantitative estimate of drug-likeness (QED) is 0.653. The molecule has 1 aliphatic rings. The van der Waals surface area contributed by atoms with Gasteiger partial charge in [0.2, 0.25) is 5.78 Å². The Bertz CT molecular complexity index is 914. The first-order valence-electron chi connectivity index (χ1n) is 8.79. The van der Waals surface area contributed by atoms with Gasteiger partial charge in [0, 0.05) is 16.3 Å². The molecule has 1 aliphatic heterocycles. The molecule has 0 spiro atoms. The summed E-state index contributed by atoms with van der Waals surface area (Å²) in [6, 6.07) is 14.2. The lowest BCUT2D eigenvalue weighted by Crippen LogP contribution is -2.35. The maximum atomic E-state index is 13.3. The Balaban J connectivity index is 2.12. The summed E-state index contributed by atoms with van der Waals surface area (Å²) in [7, 11) is 0. The molecule has 0 bridgehead atoms. The molecular weight excluding hydrogens is 384 g/mol. The minimum atomic E-state index is -2.15. The van der Waals surface area contributed by atoms with E-state index in [4.69, 9.17) is 16.3 Å². The van der Waals surface area contributed by atoms with Crippen molar-refractivity contribution in [2.75, 3.05) is 0 Å². The van der Waals surface area contributed by atoms with E-state index in [9.17, 15) is 13.6 Å². The molecule has 2 aromatic rings. The Kier molecular flexibility index (Phi) is 5.84. The van der Waals surface area contributed by atoms with Crippen molar-refractivity contribution in [2.45, 2.75) is 38.0 Å². The summed E-state index contributed by atoms with van der Waals surface area (Å²) in [6.07, 6.45) is 1.12. The second-order valence-electron chi connectivity index (χ2n) is 6.49. The molecule has 0 N–H and O–H groups in total. The lowest BCUT2D eigenvalue weighted by Gasteiger charge is -2.25. The highest BCUT2D eigenvalue weighted by molar-refractivity contribution is 7.78. The van der Waals surface area contributed by atoms with Crippen LogP contribution in [-0.2, 0) is 26.4 Å². The number of rotatable bonds is 6. The molecule has 2 aromatic carbocycles. The number of ketones is 1. The number of Topliss-reactive ketones (excluding diaryl/α,β-unsaturated/α-hetero) is 1. The summed E-state index contributed by atoms with van der Waals surface area (Å²) in [5.41, 5.74) is 1.76. The van der Waals surface area contributed by atoms with Crippen molar-refractivity contribution in [1.29, 1.82) is 0 Å². The van der Waals surface area contributed by atoms with Crippen molar-refractivity contribution in [1.82, 2.24) is 0 Å². The summed E-state index contributed by atoms with van der Waals surface area (Å²) < 4.78 is 28.0. The summed E-state index contributed by atoms with van der Waals surface area (Å²) in [4.78, 5) is 13.3. The molecule has 142 valence electrons. The Morgan fingerprint density at radius 3 is 2.30 bits per heavy atom. The highest BCUT2D eigenvalue weighted by atomic mass is 35.5. The molecule has 0 fully saturated rings. The third kappa shape index (κ3) is 3.86. The van der Waals surface area contributed by atoms with Crippen LogP contribution in [0.1, 0.15) is 43.4 Å². The maximum absolute atomic E-state index is 13.3. The fourth-order valence-electron chi connectivity index (χ4n) is 3.34. The van der Waals surface area contributed by atoms with Gasteiger partial charge in [-0.1, -0.05) is 72.9 Å². The van der Waals surface area contributed by atoms with Crippen LogP contribution >= 0.6 is 11.6 Å². The van der Waals surface area contributed by atoms with Crippen molar-refractivity contribution >= 4 is 39.8 Å². The molecular formula is C21H20ClO4S-. The van der Waals surface area contributed by atoms with Crippen molar-refractivity contribution in [3.8, 4) is 0 Å². The van der Waals surface area contributed by atoms with Crippen LogP contribution in [0.15, 0.2) is 48.5 Å². The number of carbonyl (C=O) groups is 1. The standard InChI is InChI=1S/C21H21ClO4S/c1-3-21(4-2)20(23)18(16-6-5-7-17(22)12-16)19(26-21)15-10-8-14(9-11-15)13-27(24)25/h5-12H,3-4,13H2,1-2H3,(H,24,25)/p-1. The van der Waals surface area contributed by atoms with Crippen molar-refractivity contribution in [2.24, 2.45) is 0 Å². The molecule has 0 saturated carbocycles. The highest BCUT2D eigenvalue weighted by Crippen LogP contribution is 2.44. The first-order chi connectivity index (χ1) is 12.9. The van der Waals surface area contributed by atoms with Gasteiger partial charge in [-0.3, -0.25) is 9.00 Å². The molecule has 6 heteroatoms. The summed E-state index contributed by atoms with van der Waals surface area (Å²) in [6.45, 7) is 3.87. The second kappa shape index (κ2) is 7.97. The zero-order chi connectivity index (χ0) is 19.6. The molecule has 4 nitrogen and oxygen atoms in total. The van der Waals surface area contributed by atoms with Gasteiger partial charge < -0.3 is 9.29 Å². The van der Waals surface area contributed by atoms with Crippen LogP contribution in [0.3, 0.4) is 0 Å². The van der Waals surface area contributed by atoms with Gasteiger partial charge >= 0.3 is 0 Å². The monoisotopic (exact) mass is 403 g/mol. The minimum Gasteiger partial charge on any atom is -0.772 e. The molecule has 0 radical (unpaired) electrons. The Hall–Kier alpha value is -1.95. The van der Waals surface area contributed by atoms with E-state index in [0.29, 0.717) is 34.8 Å². The van der Waals surface area contributed by atoms with Crippen molar-refractivity contribution < 1.29 is 18.3 Å². The SMILES string of the molecule is CCC1(CC)OC(c2ccc(CS(=O)[O-])cc2)=C(c2cccc(Cl)c2)C1=O. The summed E-state index contributed by atoms with van der Waals surface area (Å²) >= 11 is 3.99. The van der Waals surface area contributed by atoms with Crippen LogP contribution in [-0.4, -0.2) is 20.1 Å². The molecule has 0 saturated heterocycles. The van der Waals surface area contributed by atoms with E-state index in [0.717, 1.165) is 11.1 Å². The number of ether oxygens (including phenoxy) is 1. The van der Waals surface area contributed by atoms with Crippen LogP contribution in [0.2, 0.25) is 5.02 Å². The van der Waals surface area contributed by atoms with E-state index in [1.165, 1.54) is 0 Å². The number of carbonyl (C=O) groups excluding carboxylic acids is 1. The zero-order valence-corrected chi connectivity index (χ0v) is 16.7. The normalized spacial score (nSPS) is 17.1. The Labute approximate surface area is 166 Å². The van der Waals surface area contributed by atoms with E-state index in [2.05, 4.69) is 0 Å². The first-order valence-corrected chi connectivity index (χ1v) is 10.4. The number of hydrogen-bond acceptors (Lipinski definition) is 4. The van der Waals surface area contributed by atoms with Gasteiger partial charge in [-0.25, -0.2) is 0 Å². The number of benzene rings is 2.